The van der Waals surface area contributed by atoms with Crippen LogP contribution in [0.4, 0.5) is 0 Å². The summed E-state index contributed by atoms with van der Waals surface area (Å²) in [6, 6.07) is 5.58. The number of carbonyl (C=O) groups is 2. The number of nitrogens with zero attached hydrogens (tertiary/aromatic N) is 2. The summed E-state index contributed by atoms with van der Waals surface area (Å²) in [5.74, 6) is -0.399. The first-order chi connectivity index (χ1) is 11.5. The molecule has 4 rings (SSSR count). The van der Waals surface area contributed by atoms with Gasteiger partial charge < -0.3 is 0 Å². The average molecular weight is 327 g/mol. The normalized spacial score (nSPS) is 21.5. The minimum absolute atomic E-state index is 0.130. The van der Waals surface area contributed by atoms with Gasteiger partial charge in [0.1, 0.15) is 6.04 Å². The number of carbonyl (C=O) groups excluding carboxylic acids is 2. The Bertz CT molecular complexity index is 902. The minimum atomic E-state index is -0.613. The molecule has 1 aromatic carbocycles. The third-order valence-corrected chi connectivity index (χ3v) is 5.01. The summed E-state index contributed by atoms with van der Waals surface area (Å²) in [6.45, 7) is 4.17. The third kappa shape index (κ3) is 2.20. The molecule has 2 fully saturated rings. The molecule has 6 nitrogen and oxygen atoms in total. The van der Waals surface area contributed by atoms with Gasteiger partial charge in [-0.25, -0.2) is 4.79 Å². The van der Waals surface area contributed by atoms with Crippen molar-refractivity contribution in [3.8, 4) is 0 Å². The number of fused-ring (bicyclic) bond motifs is 1. The van der Waals surface area contributed by atoms with Crippen LogP contribution in [0.25, 0.3) is 11.0 Å². The number of rotatable bonds is 3. The molecule has 24 heavy (non-hydrogen) atoms. The zero-order chi connectivity index (χ0) is 17.0. The van der Waals surface area contributed by atoms with Crippen LogP contribution in [-0.4, -0.2) is 20.9 Å². The van der Waals surface area contributed by atoms with E-state index in [0.29, 0.717) is 6.42 Å². The van der Waals surface area contributed by atoms with Crippen molar-refractivity contribution in [2.75, 3.05) is 0 Å². The van der Waals surface area contributed by atoms with Gasteiger partial charge in [0.15, 0.2) is 0 Å². The number of aromatic nitrogens is 2. The van der Waals surface area contributed by atoms with Crippen LogP contribution >= 0.6 is 0 Å². The first kappa shape index (κ1) is 15.2. The second kappa shape index (κ2) is 5.33. The summed E-state index contributed by atoms with van der Waals surface area (Å²) in [5.41, 5.74) is 2.68. The Morgan fingerprint density at radius 3 is 2.46 bits per heavy atom. The predicted octanol–water partition coefficient (Wildman–Crippen LogP) is 2.24. The first-order valence-electron chi connectivity index (χ1n) is 8.58. The molecule has 1 saturated carbocycles. The fourth-order valence-corrected chi connectivity index (χ4v) is 3.69. The van der Waals surface area contributed by atoms with Crippen molar-refractivity contribution < 1.29 is 9.59 Å². The Labute approximate surface area is 139 Å². The van der Waals surface area contributed by atoms with E-state index in [1.807, 2.05) is 22.8 Å². The van der Waals surface area contributed by atoms with Gasteiger partial charge in [-0.2, -0.15) is 0 Å². The zero-order valence-electron chi connectivity index (χ0n) is 13.9. The molecule has 1 aromatic heterocycles. The van der Waals surface area contributed by atoms with Gasteiger partial charge in [-0.15, -0.1) is 0 Å². The molecule has 1 unspecified atom stereocenters. The topological polar surface area (TPSA) is 73.1 Å². The number of nitrogens with one attached hydrogen (secondary N) is 1. The van der Waals surface area contributed by atoms with Crippen molar-refractivity contribution in [3.05, 3.63) is 34.2 Å². The minimum Gasteiger partial charge on any atom is -0.295 e. The van der Waals surface area contributed by atoms with Crippen molar-refractivity contribution in [2.45, 2.75) is 57.5 Å². The quantitative estimate of drug-likeness (QED) is 0.879. The number of benzene rings is 1. The second-order valence-corrected chi connectivity index (χ2v) is 7.09. The summed E-state index contributed by atoms with van der Waals surface area (Å²) < 4.78 is 3.47. The van der Waals surface area contributed by atoms with E-state index in [1.54, 1.807) is 4.57 Å². The SMILES string of the molecule is CC(C)c1cccc2c1n(C1CCC(=O)NC1=O)c(=O)n2C1CC1. The summed E-state index contributed by atoms with van der Waals surface area (Å²) in [5, 5.41) is 2.38. The van der Waals surface area contributed by atoms with E-state index in [2.05, 4.69) is 19.2 Å². The molecule has 1 atom stereocenters. The molecule has 1 N–H and O–H groups in total. The Balaban J connectivity index is 2.00. The Hall–Kier alpha value is -2.37. The number of para-hydroxylation sites is 1. The number of amides is 2. The maximum atomic E-state index is 13.1. The highest BCUT2D eigenvalue weighted by Crippen LogP contribution is 2.38. The summed E-state index contributed by atoms with van der Waals surface area (Å²) in [4.78, 5) is 37.0. The molecule has 1 saturated heterocycles. The maximum Gasteiger partial charge on any atom is 0.330 e. The molecular formula is C18H21N3O3. The van der Waals surface area contributed by atoms with Gasteiger partial charge in [0.2, 0.25) is 11.8 Å². The van der Waals surface area contributed by atoms with Crippen LogP contribution in [0, 0.1) is 0 Å². The van der Waals surface area contributed by atoms with Gasteiger partial charge in [0.05, 0.1) is 11.0 Å². The van der Waals surface area contributed by atoms with E-state index in [9.17, 15) is 14.4 Å². The number of imide groups is 1. The average Bonchev–Trinajstić information content (AvgIpc) is 3.31. The van der Waals surface area contributed by atoms with E-state index in [-0.39, 0.29) is 35.9 Å². The lowest BCUT2D eigenvalue weighted by Gasteiger charge is -2.23. The largest absolute Gasteiger partial charge is 0.330 e. The molecule has 6 heteroatoms. The molecule has 0 spiro atoms. The Morgan fingerprint density at radius 2 is 1.83 bits per heavy atom. The maximum absolute atomic E-state index is 13.1. The van der Waals surface area contributed by atoms with Gasteiger partial charge in [-0.1, -0.05) is 26.0 Å². The number of hydrogen-bond donors (Lipinski definition) is 1. The standard InChI is InChI=1S/C18H21N3O3/c1-10(2)12-4-3-5-13-16(12)21(18(24)20(13)11-6-7-11)14-8-9-15(22)19-17(14)23/h3-5,10-11,14H,6-9H2,1-2H3,(H,19,22,23). The van der Waals surface area contributed by atoms with Crippen LogP contribution in [0.3, 0.4) is 0 Å². The molecule has 1 aliphatic heterocycles. The number of piperidine rings is 1. The van der Waals surface area contributed by atoms with Crippen LogP contribution in [0.15, 0.2) is 23.0 Å². The summed E-state index contributed by atoms with van der Waals surface area (Å²) >= 11 is 0. The second-order valence-electron chi connectivity index (χ2n) is 7.09. The third-order valence-electron chi connectivity index (χ3n) is 5.01. The van der Waals surface area contributed by atoms with E-state index < -0.39 is 6.04 Å². The number of hydrogen-bond acceptors (Lipinski definition) is 3. The van der Waals surface area contributed by atoms with E-state index in [4.69, 9.17) is 0 Å². The van der Waals surface area contributed by atoms with Crippen molar-refractivity contribution >= 4 is 22.8 Å². The molecule has 2 heterocycles. The molecule has 2 aliphatic rings. The van der Waals surface area contributed by atoms with Crippen LogP contribution in [0.1, 0.15) is 63.1 Å². The van der Waals surface area contributed by atoms with Gasteiger partial charge in [0, 0.05) is 12.5 Å². The van der Waals surface area contributed by atoms with Gasteiger partial charge >= 0.3 is 5.69 Å². The predicted molar refractivity (Wildman–Crippen MR) is 90.0 cm³/mol. The smallest absolute Gasteiger partial charge is 0.295 e. The van der Waals surface area contributed by atoms with E-state index in [0.717, 1.165) is 29.4 Å². The fourth-order valence-electron chi connectivity index (χ4n) is 3.69. The number of imidazole rings is 1. The lowest BCUT2D eigenvalue weighted by Crippen LogP contribution is -2.44. The molecule has 1 aliphatic carbocycles. The molecule has 126 valence electrons. The summed E-state index contributed by atoms with van der Waals surface area (Å²) in [7, 11) is 0. The lowest BCUT2D eigenvalue weighted by molar-refractivity contribution is -0.135. The molecule has 0 radical (unpaired) electrons. The van der Waals surface area contributed by atoms with Gasteiger partial charge in [0.25, 0.3) is 0 Å². The molecule has 2 aromatic rings. The highest BCUT2D eigenvalue weighted by atomic mass is 16.2. The van der Waals surface area contributed by atoms with Crippen molar-refractivity contribution in [1.29, 1.82) is 0 Å². The van der Waals surface area contributed by atoms with Crippen LogP contribution in [0.5, 0.6) is 0 Å². The van der Waals surface area contributed by atoms with Crippen molar-refractivity contribution in [1.82, 2.24) is 14.5 Å². The van der Waals surface area contributed by atoms with Gasteiger partial charge in [-0.3, -0.25) is 24.0 Å². The Morgan fingerprint density at radius 1 is 1.08 bits per heavy atom. The monoisotopic (exact) mass is 327 g/mol. The molecular weight excluding hydrogens is 306 g/mol. The van der Waals surface area contributed by atoms with E-state index >= 15 is 0 Å². The van der Waals surface area contributed by atoms with E-state index in [1.165, 1.54) is 0 Å². The highest BCUT2D eigenvalue weighted by Gasteiger charge is 2.35. The fraction of sp³-hybridized carbons (Fsp3) is 0.500. The molecule has 0 bridgehead atoms. The van der Waals surface area contributed by atoms with Gasteiger partial charge in [-0.05, 0) is 36.8 Å². The van der Waals surface area contributed by atoms with Crippen molar-refractivity contribution in [3.63, 3.8) is 0 Å². The highest BCUT2D eigenvalue weighted by molar-refractivity contribution is 6.00. The first-order valence-corrected chi connectivity index (χ1v) is 8.58. The summed E-state index contributed by atoms with van der Waals surface area (Å²) in [6.07, 6.45) is 2.64. The van der Waals surface area contributed by atoms with Crippen molar-refractivity contribution in [2.24, 2.45) is 0 Å². The molecule has 2 amide bonds. The van der Waals surface area contributed by atoms with Crippen LogP contribution in [-0.2, 0) is 9.59 Å². The lowest BCUT2D eigenvalue weighted by atomic mass is 10.00. The Kier molecular flexibility index (Phi) is 3.37. The zero-order valence-corrected chi connectivity index (χ0v) is 13.9. The van der Waals surface area contributed by atoms with Crippen LogP contribution < -0.4 is 11.0 Å². The van der Waals surface area contributed by atoms with Crippen LogP contribution in [0.2, 0.25) is 0 Å².